The molecule has 3 rings (SSSR count). The van der Waals surface area contributed by atoms with Crippen molar-refractivity contribution in [3.63, 3.8) is 0 Å². The topological polar surface area (TPSA) is 45.5 Å². The number of aromatic nitrogens is 2. The summed E-state index contributed by atoms with van der Waals surface area (Å²) < 4.78 is 2.09. The van der Waals surface area contributed by atoms with Gasteiger partial charge in [-0.3, -0.25) is 0 Å². The van der Waals surface area contributed by atoms with Crippen LogP contribution in [0.4, 0.5) is 0 Å². The van der Waals surface area contributed by atoms with Gasteiger partial charge in [0, 0.05) is 38.6 Å². The number of piperidine rings is 1. The summed E-state index contributed by atoms with van der Waals surface area (Å²) in [6.45, 7) is 11.5. The van der Waals surface area contributed by atoms with Crippen molar-refractivity contribution in [3.8, 4) is 0 Å². The first-order valence-electron chi connectivity index (χ1n) is 9.71. The van der Waals surface area contributed by atoms with Gasteiger partial charge in [0.25, 0.3) is 0 Å². The van der Waals surface area contributed by atoms with Crippen molar-refractivity contribution >= 4 is 5.96 Å². The molecular weight excluding hydrogens is 322 g/mol. The van der Waals surface area contributed by atoms with E-state index in [1.165, 1.54) is 17.5 Å². The lowest BCUT2D eigenvalue weighted by Gasteiger charge is -2.37. The van der Waals surface area contributed by atoms with Gasteiger partial charge in [-0.2, -0.15) is 0 Å². The van der Waals surface area contributed by atoms with Gasteiger partial charge in [-0.1, -0.05) is 38.1 Å². The van der Waals surface area contributed by atoms with E-state index in [-0.39, 0.29) is 0 Å². The van der Waals surface area contributed by atoms with Gasteiger partial charge < -0.3 is 14.8 Å². The Kier molecular flexibility index (Phi) is 6.31. The Morgan fingerprint density at radius 3 is 2.69 bits per heavy atom. The van der Waals surface area contributed by atoms with E-state index in [1.54, 1.807) is 0 Å². The molecule has 2 atom stereocenters. The quantitative estimate of drug-likeness (QED) is 0.662. The van der Waals surface area contributed by atoms with Crippen LogP contribution < -0.4 is 5.32 Å². The van der Waals surface area contributed by atoms with Crippen molar-refractivity contribution in [1.29, 1.82) is 0 Å². The van der Waals surface area contributed by atoms with Crippen LogP contribution in [0.15, 0.2) is 48.0 Å². The Morgan fingerprint density at radius 1 is 1.23 bits per heavy atom. The van der Waals surface area contributed by atoms with Gasteiger partial charge in [0.15, 0.2) is 5.96 Å². The molecular formula is C21H31N5. The molecule has 2 heterocycles. The van der Waals surface area contributed by atoms with E-state index in [2.05, 4.69) is 64.8 Å². The average molecular weight is 354 g/mol. The monoisotopic (exact) mass is 353 g/mol. The van der Waals surface area contributed by atoms with E-state index in [0.717, 1.165) is 44.0 Å². The average Bonchev–Trinajstić information content (AvgIpc) is 3.11. The third kappa shape index (κ3) is 5.10. The lowest BCUT2D eigenvalue weighted by atomic mass is 9.92. The van der Waals surface area contributed by atoms with Crippen LogP contribution in [0.2, 0.25) is 0 Å². The van der Waals surface area contributed by atoms with Gasteiger partial charge in [-0.25, -0.2) is 9.98 Å². The Morgan fingerprint density at radius 2 is 2.00 bits per heavy atom. The smallest absolute Gasteiger partial charge is 0.194 e. The maximum Gasteiger partial charge on any atom is 0.194 e. The predicted octanol–water partition coefficient (Wildman–Crippen LogP) is 3.37. The van der Waals surface area contributed by atoms with Crippen molar-refractivity contribution in [2.45, 2.75) is 40.3 Å². The number of nitrogens with zero attached hydrogens (tertiary/aromatic N) is 4. The minimum atomic E-state index is 0.708. The molecule has 26 heavy (non-hydrogen) atoms. The van der Waals surface area contributed by atoms with E-state index in [0.29, 0.717) is 6.54 Å². The van der Waals surface area contributed by atoms with E-state index < -0.39 is 0 Å². The summed E-state index contributed by atoms with van der Waals surface area (Å²) in [5.74, 6) is 2.49. The summed E-state index contributed by atoms with van der Waals surface area (Å²) in [6.07, 6.45) is 6.98. The van der Waals surface area contributed by atoms with Crippen LogP contribution in [-0.2, 0) is 13.1 Å². The summed E-state index contributed by atoms with van der Waals surface area (Å²) >= 11 is 0. The zero-order valence-electron chi connectivity index (χ0n) is 16.2. The maximum atomic E-state index is 4.93. The molecule has 1 saturated heterocycles. The fourth-order valence-corrected chi connectivity index (χ4v) is 3.85. The highest BCUT2D eigenvalue weighted by Gasteiger charge is 2.23. The molecule has 0 amide bonds. The molecule has 0 aliphatic carbocycles. The fraction of sp³-hybridized carbons (Fsp3) is 0.524. The zero-order chi connectivity index (χ0) is 18.4. The van der Waals surface area contributed by atoms with Crippen molar-refractivity contribution in [1.82, 2.24) is 19.8 Å². The molecule has 0 bridgehead atoms. The first-order chi connectivity index (χ1) is 12.6. The highest BCUT2D eigenvalue weighted by molar-refractivity contribution is 5.80. The zero-order valence-corrected chi connectivity index (χ0v) is 16.2. The van der Waals surface area contributed by atoms with E-state index in [9.17, 15) is 0 Å². The van der Waals surface area contributed by atoms with Crippen LogP contribution in [-0.4, -0.2) is 40.0 Å². The van der Waals surface area contributed by atoms with E-state index in [1.807, 2.05) is 18.7 Å². The SMILES string of the molecule is CCNC(=NCc1cccc(Cn2ccnc2)c1)N1CC(C)CC(C)C1. The van der Waals surface area contributed by atoms with E-state index in [4.69, 9.17) is 4.99 Å². The number of likely N-dealkylation sites (tertiary alicyclic amines) is 1. The Balaban J connectivity index is 1.69. The molecule has 1 aliphatic rings. The first kappa shape index (κ1) is 18.5. The maximum absolute atomic E-state index is 4.93. The van der Waals surface area contributed by atoms with Gasteiger partial charge in [0.05, 0.1) is 12.9 Å². The largest absolute Gasteiger partial charge is 0.357 e. The molecule has 0 saturated carbocycles. The molecule has 5 heteroatoms. The number of guanidine groups is 1. The van der Waals surface area contributed by atoms with Crippen LogP contribution in [0.5, 0.6) is 0 Å². The highest BCUT2D eigenvalue weighted by atomic mass is 15.3. The van der Waals surface area contributed by atoms with Crippen LogP contribution in [0, 0.1) is 11.8 Å². The second-order valence-electron chi connectivity index (χ2n) is 7.58. The Hall–Kier alpha value is -2.30. The summed E-state index contributed by atoms with van der Waals surface area (Å²) in [7, 11) is 0. The minimum absolute atomic E-state index is 0.708. The third-order valence-electron chi connectivity index (χ3n) is 4.83. The molecule has 1 fully saturated rings. The van der Waals surface area contributed by atoms with Crippen molar-refractivity contribution in [3.05, 3.63) is 54.1 Å². The van der Waals surface area contributed by atoms with Crippen LogP contribution in [0.3, 0.4) is 0 Å². The molecule has 1 aromatic heterocycles. The standard InChI is InChI=1S/C21H31N5/c1-4-23-21(26-13-17(2)10-18(3)14-26)24-12-19-6-5-7-20(11-19)15-25-9-8-22-16-25/h5-9,11,16-18H,4,10,12-15H2,1-3H3,(H,23,24). The van der Waals surface area contributed by atoms with Crippen LogP contribution >= 0.6 is 0 Å². The molecule has 1 aromatic carbocycles. The molecule has 2 unspecified atom stereocenters. The summed E-state index contributed by atoms with van der Waals surface area (Å²) in [5.41, 5.74) is 2.53. The van der Waals surface area contributed by atoms with Gasteiger partial charge in [0.1, 0.15) is 0 Å². The number of aliphatic imine (C=N–C) groups is 1. The van der Waals surface area contributed by atoms with Gasteiger partial charge >= 0.3 is 0 Å². The normalized spacial score (nSPS) is 21.0. The number of nitrogens with one attached hydrogen (secondary N) is 1. The second kappa shape index (κ2) is 8.88. The summed E-state index contributed by atoms with van der Waals surface area (Å²) in [6, 6.07) is 8.68. The Bertz CT molecular complexity index is 697. The molecule has 1 aliphatic heterocycles. The van der Waals surface area contributed by atoms with Gasteiger partial charge in [-0.05, 0) is 36.3 Å². The summed E-state index contributed by atoms with van der Waals surface area (Å²) in [4.78, 5) is 11.5. The minimum Gasteiger partial charge on any atom is -0.357 e. The number of benzene rings is 1. The summed E-state index contributed by atoms with van der Waals surface area (Å²) in [5, 5.41) is 3.48. The molecule has 0 radical (unpaired) electrons. The molecule has 140 valence electrons. The lowest BCUT2D eigenvalue weighted by Crippen LogP contribution is -2.48. The third-order valence-corrected chi connectivity index (χ3v) is 4.83. The fourth-order valence-electron chi connectivity index (χ4n) is 3.85. The predicted molar refractivity (Wildman–Crippen MR) is 107 cm³/mol. The lowest BCUT2D eigenvalue weighted by molar-refractivity contribution is 0.208. The molecule has 0 spiro atoms. The molecule has 5 nitrogen and oxygen atoms in total. The second-order valence-corrected chi connectivity index (χ2v) is 7.58. The number of rotatable bonds is 5. The van der Waals surface area contributed by atoms with Crippen LogP contribution in [0.25, 0.3) is 0 Å². The Labute approximate surface area is 157 Å². The molecule has 2 aromatic rings. The van der Waals surface area contributed by atoms with Gasteiger partial charge in [0.2, 0.25) is 0 Å². The highest BCUT2D eigenvalue weighted by Crippen LogP contribution is 2.21. The molecule has 1 N–H and O–H groups in total. The first-order valence-corrected chi connectivity index (χ1v) is 9.71. The number of imidazole rings is 1. The van der Waals surface area contributed by atoms with E-state index >= 15 is 0 Å². The van der Waals surface area contributed by atoms with Crippen LogP contribution in [0.1, 0.15) is 38.3 Å². The van der Waals surface area contributed by atoms with Crippen molar-refractivity contribution in [2.75, 3.05) is 19.6 Å². The number of hydrogen-bond acceptors (Lipinski definition) is 2. The number of hydrogen-bond donors (Lipinski definition) is 1. The van der Waals surface area contributed by atoms with Gasteiger partial charge in [-0.15, -0.1) is 0 Å². The van der Waals surface area contributed by atoms with Crippen molar-refractivity contribution in [2.24, 2.45) is 16.8 Å². The van der Waals surface area contributed by atoms with Crippen molar-refractivity contribution < 1.29 is 0 Å².